The molecule has 8 heteroatoms. The molecular weight excluding hydrogens is 388 g/mol. The molecule has 3 aromatic rings. The van der Waals surface area contributed by atoms with E-state index in [-0.39, 0.29) is 11.6 Å². The van der Waals surface area contributed by atoms with Crippen molar-refractivity contribution in [1.82, 2.24) is 10.3 Å². The maximum Gasteiger partial charge on any atom is 0.387 e. The number of rotatable bonds is 5. The summed E-state index contributed by atoms with van der Waals surface area (Å²) in [5, 5.41) is 14.1. The number of aromatic nitrogens is 1. The summed E-state index contributed by atoms with van der Waals surface area (Å²) in [7, 11) is 0. The molecule has 0 atom stereocenters. The number of pyridine rings is 1. The number of alkyl halides is 2. The van der Waals surface area contributed by atoms with E-state index in [1.54, 1.807) is 18.5 Å². The predicted molar refractivity (Wildman–Crippen MR) is 101 cm³/mol. The van der Waals surface area contributed by atoms with E-state index in [9.17, 15) is 17.6 Å². The van der Waals surface area contributed by atoms with Crippen molar-refractivity contribution in [3.8, 4) is 11.5 Å². The number of phenols is 1. The van der Waals surface area contributed by atoms with Gasteiger partial charge in [0.1, 0.15) is 11.6 Å². The molecule has 0 spiro atoms. The van der Waals surface area contributed by atoms with E-state index >= 15 is 0 Å². The van der Waals surface area contributed by atoms with Crippen LogP contribution in [0.5, 0.6) is 11.5 Å². The van der Waals surface area contributed by atoms with E-state index in [1.807, 2.05) is 6.07 Å². The molecule has 0 aliphatic heterocycles. The molecule has 1 fully saturated rings. The summed E-state index contributed by atoms with van der Waals surface area (Å²) in [5.74, 6) is -2.05. The maximum atomic E-state index is 13.8. The fraction of sp³-hybridized carbons (Fsp3) is 0.286. The Morgan fingerprint density at radius 1 is 1.10 bits per heavy atom. The number of aromatic hydroxyl groups is 1. The van der Waals surface area contributed by atoms with Crippen LogP contribution in [0.4, 0.5) is 17.6 Å². The van der Waals surface area contributed by atoms with Gasteiger partial charge in [0.05, 0.1) is 0 Å². The van der Waals surface area contributed by atoms with Crippen molar-refractivity contribution in [3.05, 3.63) is 66.0 Å². The van der Waals surface area contributed by atoms with Gasteiger partial charge in [0.2, 0.25) is 0 Å². The van der Waals surface area contributed by atoms with Crippen LogP contribution in [-0.2, 0) is 6.54 Å². The largest absolute Gasteiger partial charge is 0.508 e. The fourth-order valence-corrected chi connectivity index (χ4v) is 2.92. The Kier molecular flexibility index (Phi) is 6.87. The van der Waals surface area contributed by atoms with Gasteiger partial charge < -0.3 is 15.2 Å². The highest BCUT2D eigenvalue weighted by Gasteiger charge is 2.17. The first-order valence-electron chi connectivity index (χ1n) is 9.12. The highest BCUT2D eigenvalue weighted by atomic mass is 19.3. The molecule has 29 heavy (non-hydrogen) atoms. The second kappa shape index (κ2) is 9.56. The zero-order chi connectivity index (χ0) is 20.8. The van der Waals surface area contributed by atoms with E-state index in [0.717, 1.165) is 34.5 Å². The lowest BCUT2D eigenvalue weighted by Gasteiger charge is -2.26. The standard InChI is InChI=1S/C14H15FN2.C7H5F3O2/c15-14-5-4-10-8-16-7-6-12(10)13(14)9-17-11-2-1-3-11;8-5-2-1-4(11)3-6(5)12-7(9)10/h4-8,11,17H,1-3,9H2;1-3,7,11H. The van der Waals surface area contributed by atoms with Crippen LogP contribution in [0, 0.1) is 11.6 Å². The van der Waals surface area contributed by atoms with Crippen LogP contribution in [-0.4, -0.2) is 22.7 Å². The third-order valence-electron chi connectivity index (χ3n) is 4.68. The second-order valence-electron chi connectivity index (χ2n) is 6.62. The molecule has 1 aromatic heterocycles. The predicted octanol–water partition coefficient (Wildman–Crippen LogP) is 5.15. The monoisotopic (exact) mass is 408 g/mol. The summed E-state index contributed by atoms with van der Waals surface area (Å²) >= 11 is 0. The van der Waals surface area contributed by atoms with Crippen molar-refractivity contribution >= 4 is 10.8 Å². The molecule has 0 radical (unpaired) electrons. The average molecular weight is 408 g/mol. The fourth-order valence-electron chi connectivity index (χ4n) is 2.92. The van der Waals surface area contributed by atoms with Gasteiger partial charge in [0, 0.05) is 42.0 Å². The Balaban J connectivity index is 0.000000177. The van der Waals surface area contributed by atoms with E-state index < -0.39 is 18.2 Å². The average Bonchev–Trinajstić information content (AvgIpc) is 2.65. The van der Waals surface area contributed by atoms with E-state index in [2.05, 4.69) is 15.0 Å². The quantitative estimate of drug-likeness (QED) is 0.574. The third-order valence-corrected chi connectivity index (χ3v) is 4.68. The van der Waals surface area contributed by atoms with Crippen molar-refractivity contribution in [2.24, 2.45) is 0 Å². The lowest BCUT2D eigenvalue weighted by molar-refractivity contribution is -0.0522. The normalized spacial score (nSPS) is 13.7. The number of hydrogen-bond donors (Lipinski definition) is 2. The Labute approximate surface area is 165 Å². The number of hydrogen-bond acceptors (Lipinski definition) is 4. The van der Waals surface area contributed by atoms with Gasteiger partial charge in [-0.15, -0.1) is 0 Å². The van der Waals surface area contributed by atoms with Crippen LogP contribution < -0.4 is 10.1 Å². The summed E-state index contributed by atoms with van der Waals surface area (Å²) in [6.45, 7) is -2.49. The number of phenolic OH excluding ortho intramolecular Hbond substituents is 1. The highest BCUT2D eigenvalue weighted by Crippen LogP contribution is 2.24. The van der Waals surface area contributed by atoms with Crippen LogP contribution in [0.15, 0.2) is 48.8 Å². The van der Waals surface area contributed by atoms with Crippen molar-refractivity contribution in [3.63, 3.8) is 0 Å². The summed E-state index contributed by atoms with van der Waals surface area (Å²) in [5.41, 5.74) is 0.761. The Morgan fingerprint density at radius 2 is 1.86 bits per heavy atom. The molecule has 0 saturated heterocycles. The maximum absolute atomic E-state index is 13.8. The molecule has 0 unspecified atom stereocenters. The molecule has 1 heterocycles. The Bertz CT molecular complexity index is 965. The molecule has 2 N–H and O–H groups in total. The zero-order valence-corrected chi connectivity index (χ0v) is 15.4. The molecule has 1 saturated carbocycles. The number of fused-ring (bicyclic) bond motifs is 1. The third kappa shape index (κ3) is 5.57. The minimum Gasteiger partial charge on any atom is -0.508 e. The first-order valence-corrected chi connectivity index (χ1v) is 9.12. The van der Waals surface area contributed by atoms with Gasteiger partial charge in [-0.05, 0) is 48.6 Å². The number of nitrogens with one attached hydrogen (secondary N) is 1. The number of nitrogens with zero attached hydrogens (tertiary/aromatic N) is 1. The van der Waals surface area contributed by atoms with Crippen LogP contribution in [0.3, 0.4) is 0 Å². The summed E-state index contributed by atoms with van der Waals surface area (Å²) in [6, 6.07) is 8.43. The van der Waals surface area contributed by atoms with E-state index in [4.69, 9.17) is 5.11 Å². The summed E-state index contributed by atoms with van der Waals surface area (Å²) in [4.78, 5) is 4.06. The van der Waals surface area contributed by atoms with Gasteiger partial charge in [0.25, 0.3) is 0 Å². The molecule has 1 aliphatic rings. The second-order valence-corrected chi connectivity index (χ2v) is 6.62. The van der Waals surface area contributed by atoms with Crippen molar-refractivity contribution in [2.75, 3.05) is 0 Å². The van der Waals surface area contributed by atoms with Gasteiger partial charge in [0.15, 0.2) is 11.6 Å². The number of ether oxygens (including phenoxy) is 1. The molecule has 1 aliphatic carbocycles. The first-order chi connectivity index (χ1) is 13.9. The minimum atomic E-state index is -3.10. The van der Waals surface area contributed by atoms with Crippen molar-refractivity contribution in [1.29, 1.82) is 0 Å². The van der Waals surface area contributed by atoms with Gasteiger partial charge in [-0.2, -0.15) is 8.78 Å². The van der Waals surface area contributed by atoms with Crippen LogP contribution in [0.25, 0.3) is 10.8 Å². The molecule has 2 aromatic carbocycles. The minimum absolute atomic E-state index is 0.129. The van der Waals surface area contributed by atoms with Crippen molar-refractivity contribution in [2.45, 2.75) is 38.5 Å². The Morgan fingerprint density at radius 3 is 2.55 bits per heavy atom. The van der Waals surface area contributed by atoms with Gasteiger partial charge in [-0.3, -0.25) is 4.98 Å². The van der Waals surface area contributed by atoms with Crippen LogP contribution in [0.2, 0.25) is 0 Å². The topological polar surface area (TPSA) is 54.4 Å². The van der Waals surface area contributed by atoms with E-state index in [0.29, 0.717) is 12.6 Å². The Hall–Kier alpha value is -2.87. The number of halogens is 4. The SMILES string of the molecule is Fc1ccc2cnccc2c1CNC1CCC1.Oc1ccc(F)c(OC(F)F)c1. The highest BCUT2D eigenvalue weighted by molar-refractivity contribution is 5.84. The van der Waals surface area contributed by atoms with E-state index in [1.165, 1.54) is 25.3 Å². The molecule has 0 bridgehead atoms. The van der Waals surface area contributed by atoms with Crippen molar-refractivity contribution < 1.29 is 27.4 Å². The lowest BCUT2D eigenvalue weighted by Crippen LogP contribution is -2.34. The number of benzene rings is 2. The smallest absolute Gasteiger partial charge is 0.387 e. The van der Waals surface area contributed by atoms with Gasteiger partial charge in [-0.25, -0.2) is 8.78 Å². The summed E-state index contributed by atoms with van der Waals surface area (Å²) < 4.78 is 53.3. The molecular formula is C21H20F4N2O2. The first kappa shape index (κ1) is 20.9. The van der Waals surface area contributed by atoms with Crippen LogP contribution in [0.1, 0.15) is 24.8 Å². The molecule has 154 valence electrons. The van der Waals surface area contributed by atoms with Gasteiger partial charge >= 0.3 is 6.61 Å². The molecule has 4 rings (SSSR count). The van der Waals surface area contributed by atoms with Gasteiger partial charge in [-0.1, -0.05) is 6.42 Å². The molecule has 0 amide bonds. The molecule has 4 nitrogen and oxygen atoms in total. The van der Waals surface area contributed by atoms with Crippen LogP contribution >= 0.6 is 0 Å². The lowest BCUT2D eigenvalue weighted by atomic mass is 9.93. The zero-order valence-electron chi connectivity index (χ0n) is 15.4. The summed E-state index contributed by atoms with van der Waals surface area (Å²) in [6.07, 6.45) is 7.22.